The van der Waals surface area contributed by atoms with E-state index < -0.39 is 4.92 Å². The Morgan fingerprint density at radius 3 is 3.15 bits per heavy atom. The normalized spacial score (nSPS) is 9.23. The van der Waals surface area contributed by atoms with Crippen LogP contribution in [0.2, 0.25) is 0 Å². The van der Waals surface area contributed by atoms with Crippen LogP contribution in [0.25, 0.3) is 0 Å². The number of aromatic nitrogens is 2. The standard InChI is InChI=1S/C6H7N5O2/c1-10-4-9-6(11(12)13)5(10)8-3-2-7/h4,8H,3H2,1H3. The van der Waals surface area contributed by atoms with Crippen LogP contribution in [0, 0.1) is 21.4 Å². The van der Waals surface area contributed by atoms with Crippen molar-refractivity contribution in [1.29, 1.82) is 5.26 Å². The van der Waals surface area contributed by atoms with Gasteiger partial charge in [-0.2, -0.15) is 5.26 Å². The zero-order valence-electron chi connectivity index (χ0n) is 6.89. The van der Waals surface area contributed by atoms with Crippen LogP contribution in [-0.2, 0) is 7.05 Å². The molecule has 0 unspecified atom stereocenters. The first-order valence-corrected chi connectivity index (χ1v) is 3.43. The van der Waals surface area contributed by atoms with E-state index in [-0.39, 0.29) is 18.2 Å². The molecule has 0 aromatic carbocycles. The van der Waals surface area contributed by atoms with Crippen molar-refractivity contribution in [1.82, 2.24) is 9.55 Å². The molecule has 0 aliphatic rings. The molecule has 0 aliphatic carbocycles. The van der Waals surface area contributed by atoms with E-state index in [2.05, 4.69) is 10.3 Å². The van der Waals surface area contributed by atoms with E-state index in [1.54, 1.807) is 7.05 Å². The number of hydrogen-bond donors (Lipinski definition) is 1. The largest absolute Gasteiger partial charge is 0.406 e. The number of nitrogens with one attached hydrogen (secondary N) is 1. The predicted octanol–water partition coefficient (Wildman–Crippen LogP) is 0.264. The average molecular weight is 181 g/mol. The van der Waals surface area contributed by atoms with Gasteiger partial charge in [-0.05, 0) is 9.91 Å². The maximum atomic E-state index is 10.4. The minimum Gasteiger partial charge on any atom is -0.358 e. The molecule has 0 fully saturated rings. The predicted molar refractivity (Wildman–Crippen MR) is 44.0 cm³/mol. The molecule has 7 nitrogen and oxygen atoms in total. The molecule has 0 amide bonds. The molecule has 7 heteroatoms. The first kappa shape index (κ1) is 8.99. The second-order valence-electron chi connectivity index (χ2n) is 2.30. The van der Waals surface area contributed by atoms with Gasteiger partial charge >= 0.3 is 5.82 Å². The van der Waals surface area contributed by atoms with Gasteiger partial charge in [0.15, 0.2) is 0 Å². The van der Waals surface area contributed by atoms with Crippen molar-refractivity contribution >= 4 is 11.6 Å². The van der Waals surface area contributed by atoms with Gasteiger partial charge in [0, 0.05) is 7.05 Å². The van der Waals surface area contributed by atoms with Crippen LogP contribution in [0.3, 0.4) is 0 Å². The maximum absolute atomic E-state index is 10.4. The number of nitrogens with zero attached hydrogens (tertiary/aromatic N) is 4. The van der Waals surface area contributed by atoms with Gasteiger partial charge in [-0.15, -0.1) is 0 Å². The minimum atomic E-state index is -0.598. The Morgan fingerprint density at radius 1 is 1.92 bits per heavy atom. The average Bonchev–Trinajstić information content (AvgIpc) is 2.43. The summed E-state index contributed by atoms with van der Waals surface area (Å²) in [6.45, 7) is 0.0143. The SMILES string of the molecule is Cn1cnc([N+](=O)[O-])c1NCC#N. The lowest BCUT2D eigenvalue weighted by Crippen LogP contribution is -2.05. The summed E-state index contributed by atoms with van der Waals surface area (Å²) in [7, 11) is 1.61. The van der Waals surface area contributed by atoms with Gasteiger partial charge in [-0.25, -0.2) is 0 Å². The molecule has 0 saturated carbocycles. The van der Waals surface area contributed by atoms with E-state index in [4.69, 9.17) is 5.26 Å². The van der Waals surface area contributed by atoms with Gasteiger partial charge < -0.3 is 15.4 Å². The quantitative estimate of drug-likeness (QED) is 0.410. The molecular formula is C6H7N5O2. The lowest BCUT2D eigenvalue weighted by Gasteiger charge is -2.00. The Kier molecular flexibility index (Phi) is 2.44. The zero-order chi connectivity index (χ0) is 9.84. The van der Waals surface area contributed by atoms with Crippen molar-refractivity contribution in [3.8, 4) is 6.07 Å². The highest BCUT2D eigenvalue weighted by Gasteiger charge is 2.18. The van der Waals surface area contributed by atoms with E-state index in [9.17, 15) is 10.1 Å². The summed E-state index contributed by atoms with van der Waals surface area (Å²) >= 11 is 0. The lowest BCUT2D eigenvalue weighted by molar-refractivity contribution is -0.388. The summed E-state index contributed by atoms with van der Waals surface area (Å²) in [5, 5.41) is 21.3. The molecule has 0 radical (unpaired) electrons. The highest BCUT2D eigenvalue weighted by Crippen LogP contribution is 2.20. The molecule has 13 heavy (non-hydrogen) atoms. The second-order valence-corrected chi connectivity index (χ2v) is 2.30. The smallest absolute Gasteiger partial charge is 0.358 e. The van der Waals surface area contributed by atoms with Crippen molar-refractivity contribution < 1.29 is 4.92 Å². The first-order chi connectivity index (χ1) is 6.16. The number of aryl methyl sites for hydroxylation is 1. The highest BCUT2D eigenvalue weighted by atomic mass is 16.6. The van der Waals surface area contributed by atoms with Gasteiger partial charge in [-0.1, -0.05) is 0 Å². The maximum Gasteiger partial charge on any atom is 0.406 e. The van der Waals surface area contributed by atoms with E-state index >= 15 is 0 Å². The molecule has 0 aliphatic heterocycles. The molecule has 0 spiro atoms. The molecule has 0 atom stereocenters. The van der Waals surface area contributed by atoms with Crippen LogP contribution in [0.1, 0.15) is 0 Å². The Labute approximate surface area is 73.8 Å². The van der Waals surface area contributed by atoms with Crippen LogP contribution >= 0.6 is 0 Å². The first-order valence-electron chi connectivity index (χ1n) is 3.43. The molecule has 1 aromatic rings. The monoisotopic (exact) mass is 181 g/mol. The van der Waals surface area contributed by atoms with E-state index in [0.29, 0.717) is 0 Å². The third-order valence-corrected chi connectivity index (χ3v) is 1.43. The fraction of sp³-hybridized carbons (Fsp3) is 0.333. The third-order valence-electron chi connectivity index (χ3n) is 1.43. The number of hydrogen-bond acceptors (Lipinski definition) is 5. The van der Waals surface area contributed by atoms with Crippen LogP contribution < -0.4 is 5.32 Å². The number of nitro groups is 1. The number of rotatable bonds is 3. The topological polar surface area (TPSA) is 96.8 Å². The summed E-state index contributed by atoms with van der Waals surface area (Å²) < 4.78 is 1.45. The van der Waals surface area contributed by atoms with Crippen molar-refractivity contribution in [2.45, 2.75) is 0 Å². The molecule has 1 rings (SSSR count). The summed E-state index contributed by atoms with van der Waals surface area (Å²) in [6, 6.07) is 1.82. The molecule has 1 aromatic heterocycles. The van der Waals surface area contributed by atoms with Gasteiger partial charge in [0.05, 0.1) is 6.07 Å². The molecule has 68 valence electrons. The van der Waals surface area contributed by atoms with Crippen LogP contribution in [0.15, 0.2) is 6.33 Å². The lowest BCUT2D eigenvalue weighted by atomic mass is 10.6. The fourth-order valence-electron chi connectivity index (χ4n) is 0.879. The summed E-state index contributed by atoms with van der Waals surface area (Å²) in [5.41, 5.74) is 0. The van der Waals surface area contributed by atoms with Gasteiger partial charge in [0.1, 0.15) is 6.54 Å². The number of nitriles is 1. The van der Waals surface area contributed by atoms with Crippen LogP contribution in [-0.4, -0.2) is 21.0 Å². The van der Waals surface area contributed by atoms with Gasteiger partial charge in [0.2, 0.25) is 12.1 Å². The Morgan fingerprint density at radius 2 is 2.62 bits per heavy atom. The van der Waals surface area contributed by atoms with Crippen LogP contribution in [0.4, 0.5) is 11.6 Å². The Hall–Kier alpha value is -2.10. The molecule has 1 N–H and O–H groups in total. The Balaban J connectivity index is 2.96. The van der Waals surface area contributed by atoms with Gasteiger partial charge in [0.25, 0.3) is 0 Å². The molecular weight excluding hydrogens is 174 g/mol. The van der Waals surface area contributed by atoms with E-state index in [0.717, 1.165) is 0 Å². The Bertz CT molecular complexity index is 364. The molecule has 1 heterocycles. The summed E-state index contributed by atoms with van der Waals surface area (Å²) in [5.74, 6) is -0.0238. The van der Waals surface area contributed by atoms with Crippen molar-refractivity contribution in [2.24, 2.45) is 7.05 Å². The molecule has 0 bridgehead atoms. The van der Waals surface area contributed by atoms with Crippen LogP contribution in [0.5, 0.6) is 0 Å². The van der Waals surface area contributed by atoms with Gasteiger partial charge in [-0.3, -0.25) is 4.57 Å². The van der Waals surface area contributed by atoms with Crippen molar-refractivity contribution in [2.75, 3.05) is 11.9 Å². The van der Waals surface area contributed by atoms with E-state index in [1.807, 2.05) is 6.07 Å². The van der Waals surface area contributed by atoms with E-state index in [1.165, 1.54) is 10.9 Å². The highest BCUT2D eigenvalue weighted by molar-refractivity contribution is 5.52. The minimum absolute atomic E-state index is 0.0143. The third kappa shape index (κ3) is 1.73. The second kappa shape index (κ2) is 3.53. The molecule has 0 saturated heterocycles. The number of anilines is 1. The van der Waals surface area contributed by atoms with Crippen molar-refractivity contribution in [3.63, 3.8) is 0 Å². The summed E-state index contributed by atoms with van der Waals surface area (Å²) in [4.78, 5) is 13.4. The summed E-state index contributed by atoms with van der Waals surface area (Å²) in [6.07, 6.45) is 1.32. The fourth-order valence-corrected chi connectivity index (χ4v) is 0.879. The van der Waals surface area contributed by atoms with Crippen molar-refractivity contribution in [3.05, 3.63) is 16.4 Å². The zero-order valence-corrected chi connectivity index (χ0v) is 6.89. The number of imidazole rings is 1.